The molecular formula is C23H28ClNO2. The van der Waals surface area contributed by atoms with Gasteiger partial charge in [-0.3, -0.25) is 4.79 Å². The number of rotatable bonds is 1. The first-order valence-corrected chi connectivity index (χ1v) is 9.63. The Labute approximate surface area is 167 Å². The number of carbonyl (C=O) groups excluding carboxylic acids is 1. The quantitative estimate of drug-likeness (QED) is 0.605. The highest BCUT2D eigenvalue weighted by molar-refractivity contribution is 6.31. The van der Waals surface area contributed by atoms with Crippen molar-refractivity contribution in [3.8, 4) is 5.75 Å². The Balaban J connectivity index is 2.26. The van der Waals surface area contributed by atoms with Gasteiger partial charge in [0.2, 0.25) is 0 Å². The molecule has 0 radical (unpaired) electrons. The molecule has 0 bridgehead atoms. The molecule has 1 heterocycles. The molecule has 2 aliphatic rings. The van der Waals surface area contributed by atoms with E-state index in [0.717, 1.165) is 22.6 Å². The Bertz CT molecular complexity index is 831. The van der Waals surface area contributed by atoms with Gasteiger partial charge in [-0.1, -0.05) is 59.7 Å². The molecule has 1 atom stereocenters. The van der Waals surface area contributed by atoms with Crippen molar-refractivity contribution in [2.24, 2.45) is 10.8 Å². The summed E-state index contributed by atoms with van der Waals surface area (Å²) in [5, 5.41) is 4.22. The number of hydrogen-bond donors (Lipinski definition) is 1. The Hall–Kier alpha value is -2.00. The highest BCUT2D eigenvalue weighted by Gasteiger charge is 2.47. The van der Waals surface area contributed by atoms with Crippen LogP contribution >= 0.6 is 11.6 Å². The van der Waals surface area contributed by atoms with Crippen LogP contribution in [0.5, 0.6) is 5.75 Å². The lowest BCUT2D eigenvalue weighted by Gasteiger charge is -2.46. The Kier molecular flexibility index (Phi) is 4.59. The van der Waals surface area contributed by atoms with Crippen LogP contribution in [0.1, 0.15) is 41.5 Å². The van der Waals surface area contributed by atoms with E-state index in [0.29, 0.717) is 5.02 Å². The van der Waals surface area contributed by atoms with Crippen LogP contribution in [0.3, 0.4) is 0 Å². The summed E-state index contributed by atoms with van der Waals surface area (Å²) in [7, 11) is 0. The number of carbonyl (C=O) groups is 1. The number of benzene rings is 1. The summed E-state index contributed by atoms with van der Waals surface area (Å²) in [5.74, 6) is 0.824. The minimum Gasteiger partial charge on any atom is -0.481 e. The summed E-state index contributed by atoms with van der Waals surface area (Å²) in [4.78, 5) is 13.3. The van der Waals surface area contributed by atoms with E-state index in [-0.39, 0.29) is 22.7 Å². The molecule has 0 aromatic heterocycles. The van der Waals surface area contributed by atoms with Gasteiger partial charge in [-0.2, -0.15) is 0 Å². The number of hydrogen-bond acceptors (Lipinski definition) is 3. The van der Waals surface area contributed by atoms with Crippen LogP contribution in [0, 0.1) is 10.8 Å². The summed E-state index contributed by atoms with van der Waals surface area (Å²) in [6.45, 7) is 16.4. The predicted octanol–water partition coefficient (Wildman–Crippen LogP) is 5.97. The molecule has 0 saturated carbocycles. The third-order valence-corrected chi connectivity index (χ3v) is 5.34. The molecule has 1 N–H and O–H groups in total. The average Bonchev–Trinajstić information content (AvgIpc) is 2.54. The second-order valence-electron chi connectivity index (χ2n) is 9.42. The zero-order chi connectivity index (χ0) is 20.2. The van der Waals surface area contributed by atoms with Gasteiger partial charge in [0.25, 0.3) is 0 Å². The molecule has 1 spiro atoms. The van der Waals surface area contributed by atoms with E-state index in [1.54, 1.807) is 12.1 Å². The highest BCUT2D eigenvalue weighted by atomic mass is 35.5. The van der Waals surface area contributed by atoms with E-state index in [1.807, 2.05) is 24.3 Å². The Morgan fingerprint density at radius 1 is 1.11 bits per heavy atom. The zero-order valence-corrected chi connectivity index (χ0v) is 17.7. The second kappa shape index (κ2) is 6.27. The van der Waals surface area contributed by atoms with Gasteiger partial charge < -0.3 is 10.1 Å². The van der Waals surface area contributed by atoms with Crippen molar-refractivity contribution < 1.29 is 9.53 Å². The third-order valence-electron chi connectivity index (χ3n) is 5.10. The number of Topliss-reactive ketones (excluding diaryl/α,β-unsaturated/α-hetero) is 1. The number of nitrogens with one attached hydrogen (secondary N) is 1. The van der Waals surface area contributed by atoms with E-state index < -0.39 is 5.54 Å². The maximum absolute atomic E-state index is 13.3. The monoisotopic (exact) mass is 385 g/mol. The van der Waals surface area contributed by atoms with Crippen molar-refractivity contribution in [3.63, 3.8) is 0 Å². The highest BCUT2D eigenvalue weighted by Crippen LogP contribution is 2.46. The molecule has 0 saturated heterocycles. The number of halogens is 1. The third kappa shape index (κ3) is 3.45. The predicted molar refractivity (Wildman–Crippen MR) is 113 cm³/mol. The van der Waals surface area contributed by atoms with Crippen LogP contribution in [0.4, 0.5) is 5.69 Å². The summed E-state index contributed by atoms with van der Waals surface area (Å²) >= 11 is 6.20. The fraction of sp³-hybridized carbons (Fsp3) is 0.435. The first-order chi connectivity index (χ1) is 12.4. The molecule has 1 aromatic carbocycles. The van der Waals surface area contributed by atoms with Crippen molar-refractivity contribution in [2.75, 3.05) is 5.32 Å². The van der Waals surface area contributed by atoms with Crippen molar-refractivity contribution in [1.82, 2.24) is 0 Å². The van der Waals surface area contributed by atoms with Crippen LogP contribution in [0.25, 0.3) is 0 Å². The van der Waals surface area contributed by atoms with Gasteiger partial charge >= 0.3 is 0 Å². The normalized spacial score (nSPS) is 21.6. The Morgan fingerprint density at radius 2 is 1.67 bits per heavy atom. The van der Waals surface area contributed by atoms with Gasteiger partial charge in [0.1, 0.15) is 17.4 Å². The van der Waals surface area contributed by atoms with Gasteiger partial charge in [-0.05, 0) is 47.3 Å². The van der Waals surface area contributed by atoms with Gasteiger partial charge in [-0.15, -0.1) is 0 Å². The molecule has 1 unspecified atom stereocenters. The molecule has 27 heavy (non-hydrogen) atoms. The SMILES string of the molecule is C=CC1Oc2ccc(Cl)cc2NC12C=C(C(C)(C)C)C(=O)C(C(C)(C)C)=C2. The molecule has 1 aliphatic carbocycles. The lowest BCUT2D eigenvalue weighted by molar-refractivity contribution is -0.114. The maximum Gasteiger partial charge on any atom is 0.185 e. The standard InChI is InChI=1S/C23H28ClNO2/c1-8-19-23(25-17-11-14(24)9-10-18(17)27-19)12-15(21(2,3)4)20(26)16(13-23)22(5,6)7/h8-13,19,25H,1H2,2-7H3. The van der Waals surface area contributed by atoms with E-state index >= 15 is 0 Å². The smallest absolute Gasteiger partial charge is 0.185 e. The summed E-state index contributed by atoms with van der Waals surface area (Å²) in [6, 6.07) is 5.51. The largest absolute Gasteiger partial charge is 0.481 e. The number of fused-ring (bicyclic) bond motifs is 1. The number of ether oxygens (including phenoxy) is 1. The van der Waals surface area contributed by atoms with Crippen LogP contribution in [-0.2, 0) is 4.79 Å². The lowest BCUT2D eigenvalue weighted by atomic mass is 9.67. The second-order valence-corrected chi connectivity index (χ2v) is 9.85. The van der Waals surface area contributed by atoms with Crippen molar-refractivity contribution in [3.05, 3.63) is 59.2 Å². The first-order valence-electron chi connectivity index (χ1n) is 9.26. The number of anilines is 1. The van der Waals surface area contributed by atoms with E-state index in [2.05, 4.69) is 53.4 Å². The molecule has 3 nitrogen and oxygen atoms in total. The van der Waals surface area contributed by atoms with E-state index in [1.165, 1.54) is 0 Å². The minimum atomic E-state index is -0.696. The number of ketones is 1. The number of allylic oxidation sites excluding steroid dienone is 2. The van der Waals surface area contributed by atoms with Gasteiger partial charge in [-0.25, -0.2) is 0 Å². The molecular weight excluding hydrogens is 358 g/mol. The molecule has 144 valence electrons. The van der Waals surface area contributed by atoms with Gasteiger partial charge in [0, 0.05) is 16.2 Å². The topological polar surface area (TPSA) is 38.3 Å². The van der Waals surface area contributed by atoms with Crippen LogP contribution in [-0.4, -0.2) is 17.4 Å². The minimum absolute atomic E-state index is 0.0992. The van der Waals surface area contributed by atoms with Crippen molar-refractivity contribution in [1.29, 1.82) is 0 Å². The van der Waals surface area contributed by atoms with E-state index in [4.69, 9.17) is 16.3 Å². The molecule has 3 rings (SSSR count). The molecule has 4 heteroatoms. The van der Waals surface area contributed by atoms with Crippen LogP contribution < -0.4 is 10.1 Å². The van der Waals surface area contributed by atoms with Crippen LogP contribution in [0.15, 0.2) is 54.2 Å². The van der Waals surface area contributed by atoms with Crippen molar-refractivity contribution in [2.45, 2.75) is 53.2 Å². The summed E-state index contributed by atoms with van der Waals surface area (Å²) in [6.07, 6.45) is 5.46. The summed E-state index contributed by atoms with van der Waals surface area (Å²) < 4.78 is 6.25. The Morgan fingerprint density at radius 3 is 2.15 bits per heavy atom. The van der Waals surface area contributed by atoms with Gasteiger partial charge in [0.05, 0.1) is 5.69 Å². The van der Waals surface area contributed by atoms with E-state index in [9.17, 15) is 4.79 Å². The van der Waals surface area contributed by atoms with Gasteiger partial charge in [0.15, 0.2) is 5.78 Å². The fourth-order valence-corrected chi connectivity index (χ4v) is 3.80. The molecule has 1 aliphatic heterocycles. The average molecular weight is 386 g/mol. The maximum atomic E-state index is 13.3. The zero-order valence-electron chi connectivity index (χ0n) is 16.9. The molecule has 0 fully saturated rings. The first kappa shape index (κ1) is 19.8. The van der Waals surface area contributed by atoms with Crippen LogP contribution in [0.2, 0.25) is 5.02 Å². The summed E-state index contributed by atoms with van der Waals surface area (Å²) in [5.41, 5.74) is 1.09. The molecule has 1 aromatic rings. The van der Waals surface area contributed by atoms with Crippen molar-refractivity contribution >= 4 is 23.1 Å². The lowest BCUT2D eigenvalue weighted by Crippen LogP contribution is -2.54. The fourth-order valence-electron chi connectivity index (χ4n) is 3.63. The molecule has 0 amide bonds.